The molecule has 0 spiro atoms. The number of methoxy groups -OCH3 is 1. The van der Waals surface area contributed by atoms with E-state index in [1.54, 1.807) is 0 Å². The molecule has 0 bridgehead atoms. The highest BCUT2D eigenvalue weighted by Crippen LogP contribution is 2.29. The maximum Gasteiger partial charge on any atom is 0.185 e. The molecule has 1 aromatic rings. The molecule has 0 aromatic heterocycles. The number of ether oxygens (including phenoxy) is 2. The molecule has 0 saturated carbocycles. The maximum absolute atomic E-state index is 14.1. The second-order valence-electron chi connectivity index (χ2n) is 5.63. The first-order chi connectivity index (χ1) is 12.1. The third kappa shape index (κ3) is 5.17. The van der Waals surface area contributed by atoms with Crippen molar-refractivity contribution < 1.29 is 27.0 Å². The number of benzene rings is 1. The summed E-state index contributed by atoms with van der Waals surface area (Å²) in [5.74, 6) is -5.68. The van der Waals surface area contributed by atoms with Crippen LogP contribution < -0.4 is 5.32 Å². The van der Waals surface area contributed by atoms with Gasteiger partial charge in [0.05, 0.1) is 18.8 Å². The van der Waals surface area contributed by atoms with E-state index in [0.717, 1.165) is 6.08 Å². The standard InChI is InChI=1S/C17H22F4N2O2/c1-24-9-3-5-22-17-15(20)13(18)12(14(19)16(17)21)4-2-6-23-7-10-25-11-8-23/h2,4,22H,3,5-11H2,1H3. The third-order valence-electron chi connectivity index (χ3n) is 3.88. The highest BCUT2D eigenvalue weighted by molar-refractivity contribution is 5.58. The topological polar surface area (TPSA) is 33.7 Å². The van der Waals surface area contributed by atoms with E-state index in [0.29, 0.717) is 45.9 Å². The molecule has 1 aliphatic rings. The molecule has 1 heterocycles. The highest BCUT2D eigenvalue weighted by Gasteiger charge is 2.24. The van der Waals surface area contributed by atoms with Gasteiger partial charge in [0.15, 0.2) is 23.3 Å². The average molecular weight is 362 g/mol. The lowest BCUT2D eigenvalue weighted by molar-refractivity contribution is 0.0435. The van der Waals surface area contributed by atoms with Gasteiger partial charge >= 0.3 is 0 Å². The van der Waals surface area contributed by atoms with Crippen molar-refractivity contribution in [3.8, 4) is 0 Å². The Kier molecular flexibility index (Phi) is 7.67. The molecule has 0 aliphatic carbocycles. The van der Waals surface area contributed by atoms with Crippen molar-refractivity contribution in [1.29, 1.82) is 0 Å². The van der Waals surface area contributed by atoms with E-state index >= 15 is 0 Å². The molecule has 1 aromatic carbocycles. The van der Waals surface area contributed by atoms with Crippen LogP contribution in [0, 0.1) is 23.3 Å². The van der Waals surface area contributed by atoms with Gasteiger partial charge in [-0.3, -0.25) is 4.90 Å². The number of hydrogen-bond acceptors (Lipinski definition) is 4. The molecule has 1 fully saturated rings. The Morgan fingerprint density at radius 1 is 1.08 bits per heavy atom. The van der Waals surface area contributed by atoms with Crippen LogP contribution in [0.15, 0.2) is 6.08 Å². The lowest BCUT2D eigenvalue weighted by Crippen LogP contribution is -2.36. The van der Waals surface area contributed by atoms with Gasteiger partial charge in [-0.2, -0.15) is 0 Å². The lowest BCUT2D eigenvalue weighted by atomic mass is 10.1. The Bertz CT molecular complexity index is 576. The van der Waals surface area contributed by atoms with Crippen LogP contribution in [0.25, 0.3) is 6.08 Å². The van der Waals surface area contributed by atoms with Gasteiger partial charge in [-0.05, 0) is 6.42 Å². The SMILES string of the molecule is COCCCNc1c(F)c(F)c(C=CCN2CCOCC2)c(F)c1F. The van der Waals surface area contributed by atoms with Gasteiger partial charge in [-0.1, -0.05) is 12.2 Å². The van der Waals surface area contributed by atoms with Crippen LogP contribution in [0.1, 0.15) is 12.0 Å². The van der Waals surface area contributed by atoms with E-state index < -0.39 is 34.5 Å². The van der Waals surface area contributed by atoms with Crippen molar-refractivity contribution in [3.63, 3.8) is 0 Å². The van der Waals surface area contributed by atoms with Gasteiger partial charge in [0, 0.05) is 39.9 Å². The molecule has 1 N–H and O–H groups in total. The fourth-order valence-electron chi connectivity index (χ4n) is 2.48. The summed E-state index contributed by atoms with van der Waals surface area (Å²) < 4.78 is 66.3. The van der Waals surface area contributed by atoms with Crippen molar-refractivity contribution in [1.82, 2.24) is 4.90 Å². The summed E-state index contributed by atoms with van der Waals surface area (Å²) in [6.45, 7) is 3.48. The molecule has 8 heteroatoms. The minimum absolute atomic E-state index is 0.132. The predicted molar refractivity (Wildman–Crippen MR) is 87.5 cm³/mol. The highest BCUT2D eigenvalue weighted by atomic mass is 19.2. The summed E-state index contributed by atoms with van der Waals surface area (Å²) in [6, 6.07) is 0. The minimum atomic E-state index is -1.43. The Morgan fingerprint density at radius 3 is 2.32 bits per heavy atom. The zero-order valence-corrected chi connectivity index (χ0v) is 14.1. The first kappa shape index (κ1) is 19.7. The van der Waals surface area contributed by atoms with Crippen LogP contribution in [0.4, 0.5) is 23.2 Å². The molecule has 140 valence electrons. The molecule has 2 rings (SSSR count). The fourth-order valence-corrected chi connectivity index (χ4v) is 2.48. The first-order valence-corrected chi connectivity index (χ1v) is 8.11. The van der Waals surface area contributed by atoms with Gasteiger partial charge in [0.25, 0.3) is 0 Å². The van der Waals surface area contributed by atoms with Gasteiger partial charge in [-0.25, -0.2) is 17.6 Å². The number of hydrogen-bond donors (Lipinski definition) is 1. The summed E-state index contributed by atoms with van der Waals surface area (Å²) in [5, 5.41) is 2.38. The van der Waals surface area contributed by atoms with Crippen LogP contribution >= 0.6 is 0 Å². The number of morpholine rings is 1. The predicted octanol–water partition coefficient (Wildman–Crippen LogP) is 3.04. The van der Waals surface area contributed by atoms with Gasteiger partial charge in [0.2, 0.25) is 0 Å². The molecular weight excluding hydrogens is 340 g/mol. The number of nitrogens with one attached hydrogen (secondary N) is 1. The zero-order chi connectivity index (χ0) is 18.2. The van der Waals surface area contributed by atoms with E-state index in [-0.39, 0.29) is 6.54 Å². The minimum Gasteiger partial charge on any atom is -0.385 e. The maximum atomic E-state index is 14.1. The van der Waals surface area contributed by atoms with Crippen molar-refractivity contribution in [2.45, 2.75) is 6.42 Å². The third-order valence-corrected chi connectivity index (χ3v) is 3.88. The average Bonchev–Trinajstić information content (AvgIpc) is 2.63. The van der Waals surface area contributed by atoms with Gasteiger partial charge in [0.1, 0.15) is 5.69 Å². The summed E-state index contributed by atoms with van der Waals surface area (Å²) >= 11 is 0. The van der Waals surface area contributed by atoms with Crippen molar-refractivity contribution >= 4 is 11.8 Å². The fraction of sp³-hybridized carbons (Fsp3) is 0.529. The Labute approximate surface area is 144 Å². The molecule has 1 aliphatic heterocycles. The van der Waals surface area contributed by atoms with Crippen molar-refractivity contribution in [2.24, 2.45) is 0 Å². The van der Waals surface area contributed by atoms with Crippen molar-refractivity contribution in [3.05, 3.63) is 34.9 Å². The smallest absolute Gasteiger partial charge is 0.185 e. The van der Waals surface area contributed by atoms with Crippen LogP contribution in [-0.4, -0.2) is 58.0 Å². The lowest BCUT2D eigenvalue weighted by Gasteiger charge is -2.25. The number of anilines is 1. The van der Waals surface area contributed by atoms with Crippen LogP contribution in [0.5, 0.6) is 0 Å². The monoisotopic (exact) mass is 362 g/mol. The zero-order valence-electron chi connectivity index (χ0n) is 14.1. The number of nitrogens with zero attached hydrogens (tertiary/aromatic N) is 1. The Balaban J connectivity index is 2.10. The van der Waals surface area contributed by atoms with E-state index in [2.05, 4.69) is 5.32 Å². The summed E-state index contributed by atoms with van der Waals surface area (Å²) in [7, 11) is 1.48. The van der Waals surface area contributed by atoms with Crippen LogP contribution in [-0.2, 0) is 9.47 Å². The number of halogens is 4. The molecule has 0 atom stereocenters. The molecule has 0 radical (unpaired) electrons. The van der Waals surface area contributed by atoms with Crippen molar-refractivity contribution in [2.75, 3.05) is 58.4 Å². The van der Waals surface area contributed by atoms with Crippen LogP contribution in [0.3, 0.4) is 0 Å². The molecular formula is C17H22F4N2O2. The Hall–Kier alpha value is -1.64. The van der Waals surface area contributed by atoms with E-state index in [9.17, 15) is 17.6 Å². The van der Waals surface area contributed by atoms with Crippen LogP contribution in [0.2, 0.25) is 0 Å². The molecule has 25 heavy (non-hydrogen) atoms. The second-order valence-corrected chi connectivity index (χ2v) is 5.63. The summed E-state index contributed by atoms with van der Waals surface area (Å²) in [6.07, 6.45) is 3.00. The van der Waals surface area contributed by atoms with E-state index in [1.165, 1.54) is 13.2 Å². The second kappa shape index (κ2) is 9.74. The number of rotatable bonds is 8. The molecule has 0 unspecified atom stereocenters. The largest absolute Gasteiger partial charge is 0.385 e. The summed E-state index contributed by atoms with van der Waals surface area (Å²) in [5.41, 5.74) is -1.51. The van der Waals surface area contributed by atoms with E-state index in [1.807, 2.05) is 4.90 Å². The molecule has 1 saturated heterocycles. The molecule has 0 amide bonds. The quantitative estimate of drug-likeness (QED) is 0.438. The first-order valence-electron chi connectivity index (χ1n) is 8.11. The molecule has 4 nitrogen and oxygen atoms in total. The van der Waals surface area contributed by atoms with Gasteiger partial charge in [-0.15, -0.1) is 0 Å². The summed E-state index contributed by atoms with van der Waals surface area (Å²) in [4.78, 5) is 2.01. The Morgan fingerprint density at radius 2 is 1.72 bits per heavy atom. The van der Waals surface area contributed by atoms with E-state index in [4.69, 9.17) is 9.47 Å². The van der Waals surface area contributed by atoms with Gasteiger partial charge < -0.3 is 14.8 Å². The normalized spacial score (nSPS) is 15.9.